The Bertz CT molecular complexity index is 1320. The van der Waals surface area contributed by atoms with Crippen molar-refractivity contribution in [3.8, 4) is 22.8 Å². The Balaban J connectivity index is 1.42. The Morgan fingerprint density at radius 3 is 2.50 bits per heavy atom. The number of aromatic nitrogens is 1. The Morgan fingerprint density at radius 2 is 1.79 bits per heavy atom. The second-order valence-corrected chi connectivity index (χ2v) is 8.11. The Hall–Kier alpha value is -4.05. The summed E-state index contributed by atoms with van der Waals surface area (Å²) < 4.78 is 35.6. The Kier molecular flexibility index (Phi) is 4.98. The molecule has 1 aliphatic heterocycles. The van der Waals surface area contributed by atoms with E-state index in [4.69, 9.17) is 0 Å². The van der Waals surface area contributed by atoms with Gasteiger partial charge in [0.05, 0.1) is 23.3 Å². The molecule has 34 heavy (non-hydrogen) atoms. The Labute approximate surface area is 191 Å². The molecule has 0 spiro atoms. The van der Waals surface area contributed by atoms with E-state index in [9.17, 15) is 28.6 Å². The highest BCUT2D eigenvalue weighted by Crippen LogP contribution is 2.52. The summed E-state index contributed by atoms with van der Waals surface area (Å²) >= 11 is 0. The normalized spacial score (nSPS) is 16.7. The number of halogens is 2. The van der Waals surface area contributed by atoms with Gasteiger partial charge in [0.15, 0.2) is 11.5 Å². The zero-order chi connectivity index (χ0) is 24.1. The van der Waals surface area contributed by atoms with Gasteiger partial charge in [-0.25, -0.2) is 9.78 Å². The largest absolute Gasteiger partial charge is 0.586 e. The van der Waals surface area contributed by atoms with Gasteiger partial charge in [-0.2, -0.15) is 0 Å². The summed E-state index contributed by atoms with van der Waals surface area (Å²) in [4.78, 5) is 28.9. The van der Waals surface area contributed by atoms with Crippen molar-refractivity contribution in [1.29, 1.82) is 0 Å². The van der Waals surface area contributed by atoms with Crippen LogP contribution in [-0.4, -0.2) is 33.4 Å². The number of hydrogen-bond acceptors (Lipinski definition) is 6. The molecule has 1 fully saturated rings. The van der Waals surface area contributed by atoms with Crippen molar-refractivity contribution in [2.45, 2.75) is 31.2 Å². The lowest BCUT2D eigenvalue weighted by Gasteiger charge is -2.17. The molecule has 0 bridgehead atoms. The van der Waals surface area contributed by atoms with Crippen LogP contribution in [0.1, 0.15) is 34.3 Å². The van der Waals surface area contributed by atoms with E-state index in [1.807, 2.05) is 0 Å². The number of carboxylic acids is 1. The third kappa shape index (κ3) is 3.81. The van der Waals surface area contributed by atoms with E-state index < -0.39 is 17.7 Å². The summed E-state index contributed by atoms with van der Waals surface area (Å²) in [6.45, 7) is -0.334. The summed E-state index contributed by atoms with van der Waals surface area (Å²) in [5, 5.41) is 21.7. The van der Waals surface area contributed by atoms with E-state index >= 15 is 0 Å². The molecule has 3 N–H and O–H groups in total. The smallest absolute Gasteiger partial charge is 0.478 e. The van der Waals surface area contributed by atoms with Crippen molar-refractivity contribution in [2.75, 3.05) is 5.32 Å². The number of benzene rings is 2. The average Bonchev–Trinajstić information content (AvgIpc) is 3.56. The Morgan fingerprint density at radius 1 is 1.03 bits per heavy atom. The van der Waals surface area contributed by atoms with Crippen LogP contribution in [0.5, 0.6) is 11.5 Å². The number of amides is 1. The number of anilines is 1. The lowest BCUT2D eigenvalue weighted by molar-refractivity contribution is -0.286. The molecule has 1 amide bonds. The third-order valence-corrected chi connectivity index (χ3v) is 5.91. The van der Waals surface area contributed by atoms with Crippen molar-refractivity contribution >= 4 is 17.7 Å². The van der Waals surface area contributed by atoms with Crippen LogP contribution in [0.4, 0.5) is 14.6 Å². The number of rotatable bonds is 6. The molecular formula is C24H18F2N2O6. The van der Waals surface area contributed by atoms with Gasteiger partial charge in [0.1, 0.15) is 5.82 Å². The molecule has 1 aliphatic carbocycles. The van der Waals surface area contributed by atoms with Crippen LogP contribution in [0, 0.1) is 0 Å². The number of pyridine rings is 1. The number of hydrogen-bond donors (Lipinski definition) is 3. The molecule has 0 saturated heterocycles. The van der Waals surface area contributed by atoms with Crippen molar-refractivity contribution in [3.63, 3.8) is 0 Å². The van der Waals surface area contributed by atoms with Crippen molar-refractivity contribution in [2.24, 2.45) is 0 Å². The van der Waals surface area contributed by atoms with E-state index in [-0.39, 0.29) is 35.4 Å². The number of carbonyl (C=O) groups is 2. The van der Waals surface area contributed by atoms with E-state index in [0.717, 1.165) is 0 Å². The van der Waals surface area contributed by atoms with Gasteiger partial charge in [0.2, 0.25) is 5.91 Å². The molecule has 10 heteroatoms. The van der Waals surface area contributed by atoms with E-state index in [1.165, 1.54) is 30.3 Å². The zero-order valence-corrected chi connectivity index (χ0v) is 17.5. The summed E-state index contributed by atoms with van der Waals surface area (Å²) in [7, 11) is 0. The maximum atomic E-state index is 13.4. The zero-order valence-electron chi connectivity index (χ0n) is 17.5. The number of carbonyl (C=O) groups excluding carboxylic acids is 1. The molecule has 0 unspecified atom stereocenters. The van der Waals surface area contributed by atoms with Crippen LogP contribution in [-0.2, 0) is 16.8 Å². The van der Waals surface area contributed by atoms with Gasteiger partial charge in [-0.05, 0) is 48.7 Å². The van der Waals surface area contributed by atoms with Crippen molar-refractivity contribution < 1.29 is 38.1 Å². The molecule has 2 aliphatic rings. The van der Waals surface area contributed by atoms with E-state index in [0.29, 0.717) is 35.2 Å². The van der Waals surface area contributed by atoms with Crippen LogP contribution in [0.3, 0.4) is 0 Å². The van der Waals surface area contributed by atoms with Gasteiger partial charge in [0.25, 0.3) is 0 Å². The first-order valence-corrected chi connectivity index (χ1v) is 10.4. The highest BCUT2D eigenvalue weighted by Gasteiger charge is 2.53. The number of nitrogens with one attached hydrogen (secondary N) is 1. The number of ether oxygens (including phenoxy) is 2. The molecule has 1 aromatic heterocycles. The van der Waals surface area contributed by atoms with Gasteiger partial charge in [-0.1, -0.05) is 24.3 Å². The highest BCUT2D eigenvalue weighted by atomic mass is 19.3. The van der Waals surface area contributed by atoms with E-state index in [2.05, 4.69) is 19.8 Å². The molecule has 5 rings (SSSR count). The number of aliphatic hydroxyl groups is 1. The quantitative estimate of drug-likeness (QED) is 0.502. The molecule has 0 radical (unpaired) electrons. The molecule has 1 saturated carbocycles. The lowest BCUT2D eigenvalue weighted by Crippen LogP contribution is -2.28. The van der Waals surface area contributed by atoms with Gasteiger partial charge in [-0.3, -0.25) is 4.79 Å². The average molecular weight is 468 g/mol. The number of aromatic carboxylic acids is 1. The number of nitrogens with zero attached hydrogens (tertiary/aromatic N) is 1. The summed E-state index contributed by atoms with van der Waals surface area (Å²) in [6, 6.07) is 13.5. The molecular weight excluding hydrogens is 450 g/mol. The summed E-state index contributed by atoms with van der Waals surface area (Å²) in [5.74, 6) is -1.50. The maximum Gasteiger partial charge on any atom is 0.586 e. The SMILES string of the molecule is O=C(O)c1cccc(-c2nc(NC(=O)C3(c4ccc5c(c4)OC(F)(F)O5)CC3)ccc2CO)c1. The predicted molar refractivity (Wildman–Crippen MR) is 115 cm³/mol. The number of carboxylic acid groups (broad SMARTS) is 1. The van der Waals surface area contributed by atoms with Gasteiger partial charge < -0.3 is 25.0 Å². The molecule has 0 atom stereocenters. The minimum absolute atomic E-state index is 0.0583. The topological polar surface area (TPSA) is 118 Å². The fourth-order valence-corrected chi connectivity index (χ4v) is 3.99. The maximum absolute atomic E-state index is 13.4. The predicted octanol–water partition coefficient (Wildman–Crippen LogP) is 3.93. The van der Waals surface area contributed by atoms with Gasteiger partial charge >= 0.3 is 12.3 Å². The molecule has 3 aromatic rings. The fraction of sp³-hybridized carbons (Fsp3) is 0.208. The first kappa shape index (κ1) is 21.8. The minimum atomic E-state index is -3.74. The molecule has 8 nitrogen and oxygen atoms in total. The highest BCUT2D eigenvalue weighted by molar-refractivity contribution is 6.01. The van der Waals surface area contributed by atoms with Crippen LogP contribution in [0.25, 0.3) is 11.3 Å². The third-order valence-electron chi connectivity index (χ3n) is 5.91. The minimum Gasteiger partial charge on any atom is -0.478 e. The van der Waals surface area contributed by atoms with E-state index in [1.54, 1.807) is 24.3 Å². The van der Waals surface area contributed by atoms with Crippen LogP contribution < -0.4 is 14.8 Å². The molecule has 2 heterocycles. The van der Waals surface area contributed by atoms with Crippen molar-refractivity contribution in [1.82, 2.24) is 4.98 Å². The van der Waals surface area contributed by atoms with Crippen LogP contribution in [0.2, 0.25) is 0 Å². The van der Waals surface area contributed by atoms with Gasteiger partial charge in [-0.15, -0.1) is 8.78 Å². The van der Waals surface area contributed by atoms with Crippen molar-refractivity contribution in [3.05, 3.63) is 71.3 Å². The first-order valence-electron chi connectivity index (χ1n) is 10.4. The summed E-state index contributed by atoms with van der Waals surface area (Å²) in [6.07, 6.45) is -2.72. The fourth-order valence-electron chi connectivity index (χ4n) is 3.99. The summed E-state index contributed by atoms with van der Waals surface area (Å²) in [5.41, 5.74) is 0.918. The number of alkyl halides is 2. The van der Waals surface area contributed by atoms with Gasteiger partial charge in [0, 0.05) is 11.1 Å². The molecule has 2 aromatic carbocycles. The standard InChI is InChI=1S/C24H18F2N2O6/c25-24(26)33-17-6-5-16(11-18(17)34-24)23(8-9-23)22(32)28-19-7-4-15(12-29)20(27-19)13-2-1-3-14(10-13)21(30)31/h1-7,10-11,29H,8-9,12H2,(H,30,31)(H,27,28,32). The molecule has 174 valence electrons. The second kappa shape index (κ2) is 7.77. The lowest BCUT2D eigenvalue weighted by atomic mass is 9.94. The van der Waals surface area contributed by atoms with Crippen LogP contribution >= 0.6 is 0 Å². The van der Waals surface area contributed by atoms with Crippen LogP contribution in [0.15, 0.2) is 54.6 Å². The second-order valence-electron chi connectivity index (χ2n) is 8.11. The first-order chi connectivity index (χ1) is 16.2. The number of aliphatic hydroxyl groups excluding tert-OH is 1. The monoisotopic (exact) mass is 468 g/mol. The number of fused-ring (bicyclic) bond motifs is 1.